The highest BCUT2D eigenvalue weighted by Crippen LogP contribution is 2.35. The van der Waals surface area contributed by atoms with Crippen molar-refractivity contribution in [2.24, 2.45) is 13.0 Å². The van der Waals surface area contributed by atoms with E-state index >= 15 is 0 Å². The van der Waals surface area contributed by atoms with Gasteiger partial charge in [-0.25, -0.2) is 23.2 Å². The van der Waals surface area contributed by atoms with Gasteiger partial charge in [-0.2, -0.15) is 27.8 Å². The summed E-state index contributed by atoms with van der Waals surface area (Å²) >= 11 is 0. The van der Waals surface area contributed by atoms with E-state index in [-0.39, 0.29) is 60.8 Å². The minimum atomic E-state index is -4.54. The van der Waals surface area contributed by atoms with E-state index in [0.717, 1.165) is 49.2 Å². The van der Waals surface area contributed by atoms with Crippen LogP contribution < -0.4 is 15.5 Å². The number of hydrogen-bond acceptors (Lipinski definition) is 10. The Kier molecular flexibility index (Phi) is 11.3. The maximum absolute atomic E-state index is 13.8. The first kappa shape index (κ1) is 40.1. The zero-order valence-electron chi connectivity index (χ0n) is 32.0. The number of alkyl halides is 3. The molecule has 0 spiro atoms. The molecule has 2 N–H and O–H groups in total. The van der Waals surface area contributed by atoms with Crippen molar-refractivity contribution in [1.82, 2.24) is 34.3 Å². The van der Waals surface area contributed by atoms with Crippen molar-refractivity contribution in [2.75, 3.05) is 42.9 Å². The summed E-state index contributed by atoms with van der Waals surface area (Å²) in [7, 11) is -2.02. The second-order valence-corrected chi connectivity index (χ2v) is 17.2. The molecule has 7 rings (SSSR count). The number of nitriles is 1. The fourth-order valence-corrected chi connectivity index (χ4v) is 9.64. The smallest absolute Gasteiger partial charge is 0.351 e. The number of piperidine rings is 2. The predicted octanol–water partition coefficient (Wildman–Crippen LogP) is 5.41. The number of urea groups is 1. The Morgan fingerprint density at radius 2 is 1.68 bits per heavy atom. The Hall–Kier alpha value is -5.12. The monoisotopic (exact) mass is 806 g/mol. The normalized spacial score (nSPS) is 19.4. The number of benzene rings is 2. The average Bonchev–Trinajstić information content (AvgIpc) is 3.52. The Balaban J connectivity index is 0.948. The second-order valence-electron chi connectivity index (χ2n) is 15.3. The largest absolute Gasteiger partial charge is 0.419 e. The minimum Gasteiger partial charge on any atom is -0.351 e. The van der Waals surface area contributed by atoms with E-state index in [1.54, 1.807) is 16.8 Å². The molecule has 3 aliphatic heterocycles. The van der Waals surface area contributed by atoms with Crippen LogP contribution in [0, 0.1) is 17.2 Å². The lowest BCUT2D eigenvalue weighted by atomic mass is 9.86. The maximum atomic E-state index is 13.8. The molecule has 57 heavy (non-hydrogen) atoms. The number of nitrogens with zero attached hydrogens (tertiary/aromatic N) is 8. The first-order valence-electron chi connectivity index (χ1n) is 19.1. The Labute approximate surface area is 329 Å². The van der Waals surface area contributed by atoms with Gasteiger partial charge in [0.25, 0.3) is 0 Å². The quantitative estimate of drug-likeness (QED) is 0.211. The van der Waals surface area contributed by atoms with Crippen LogP contribution in [0.3, 0.4) is 0 Å². The van der Waals surface area contributed by atoms with Gasteiger partial charge in [0.2, 0.25) is 21.9 Å². The SMILES string of the molecule is CC(Cc1cc(S(=O)(=O)N2CCC(Nc3ncc(C(F)(F)F)cn3)CC2)ccc1C#N)C(C)N1CCC(c2ccc3c(N4CCC(=O)NC4=O)nn(C)c3c2)CC1. The summed E-state index contributed by atoms with van der Waals surface area (Å²) in [5.74, 6) is 0.760. The highest BCUT2D eigenvalue weighted by molar-refractivity contribution is 7.89. The molecule has 2 aromatic heterocycles. The summed E-state index contributed by atoms with van der Waals surface area (Å²) < 4.78 is 69.4. The lowest BCUT2D eigenvalue weighted by molar-refractivity contribution is -0.138. The molecule has 2 unspecified atom stereocenters. The van der Waals surface area contributed by atoms with Crippen molar-refractivity contribution in [3.8, 4) is 6.07 Å². The number of fused-ring (bicyclic) bond motifs is 1. The van der Waals surface area contributed by atoms with Gasteiger partial charge < -0.3 is 10.2 Å². The highest BCUT2D eigenvalue weighted by Gasteiger charge is 2.34. The summed E-state index contributed by atoms with van der Waals surface area (Å²) in [5, 5.41) is 20.8. The van der Waals surface area contributed by atoms with Crippen molar-refractivity contribution in [3.63, 3.8) is 0 Å². The van der Waals surface area contributed by atoms with Gasteiger partial charge in [0.05, 0.1) is 27.6 Å². The molecule has 3 fully saturated rings. The average molecular weight is 807 g/mol. The molecule has 18 heteroatoms. The molecule has 5 heterocycles. The highest BCUT2D eigenvalue weighted by atomic mass is 32.2. The van der Waals surface area contributed by atoms with Crippen molar-refractivity contribution < 1.29 is 31.2 Å². The van der Waals surface area contributed by atoms with Gasteiger partial charge in [0.15, 0.2) is 5.82 Å². The Bertz CT molecular complexity index is 2300. The van der Waals surface area contributed by atoms with Crippen LogP contribution in [0.15, 0.2) is 53.7 Å². The molecular formula is C39H45F3N10O4S. The van der Waals surface area contributed by atoms with Gasteiger partial charge >= 0.3 is 12.2 Å². The van der Waals surface area contributed by atoms with Crippen LogP contribution >= 0.6 is 0 Å². The standard InChI is InChI=1S/C39H45F3N10O4S/c1-24(25(2)50-13-8-26(9-14-50)27-5-7-33-34(20-27)49(3)48-36(33)52-17-12-35(53)47-38(52)54)18-29-19-32(6-4-28(29)21-43)57(55,56)51-15-10-31(11-16-51)46-37-44-22-30(23-45-37)39(40,41)42/h4-7,19-20,22-26,31H,8-18H2,1-3H3,(H,44,45,46)(H,47,53,54). The van der Waals surface area contributed by atoms with E-state index in [0.29, 0.717) is 42.1 Å². The molecule has 3 amide bonds. The summed E-state index contributed by atoms with van der Waals surface area (Å²) in [5.41, 5.74) is 2.31. The number of aryl methyl sites for hydroxylation is 1. The number of imide groups is 1. The topological polar surface area (TPSA) is 169 Å². The lowest BCUT2D eigenvalue weighted by Crippen LogP contribution is -2.49. The van der Waals surface area contributed by atoms with Crippen LogP contribution in [0.25, 0.3) is 10.9 Å². The molecule has 0 radical (unpaired) electrons. The maximum Gasteiger partial charge on any atom is 0.419 e. The molecule has 2 aromatic carbocycles. The Morgan fingerprint density at radius 1 is 0.982 bits per heavy atom. The molecule has 3 aliphatic rings. The van der Waals surface area contributed by atoms with Gasteiger partial charge in [-0.1, -0.05) is 13.0 Å². The van der Waals surface area contributed by atoms with Gasteiger partial charge in [-0.05, 0) is 105 Å². The van der Waals surface area contributed by atoms with Crippen molar-refractivity contribution >= 4 is 44.6 Å². The first-order chi connectivity index (χ1) is 27.1. The second kappa shape index (κ2) is 16.0. The van der Waals surface area contributed by atoms with Crippen LogP contribution in [0.1, 0.15) is 74.1 Å². The van der Waals surface area contributed by atoms with Crippen LogP contribution in [0.2, 0.25) is 0 Å². The third-order valence-electron chi connectivity index (χ3n) is 11.7. The van der Waals surface area contributed by atoms with Crippen molar-refractivity contribution in [2.45, 2.75) is 81.4 Å². The number of amides is 3. The number of halogens is 3. The van der Waals surface area contributed by atoms with Gasteiger partial charge in [0.1, 0.15) is 0 Å². The van der Waals surface area contributed by atoms with Gasteiger partial charge in [0, 0.05) is 63.0 Å². The van der Waals surface area contributed by atoms with E-state index in [4.69, 9.17) is 0 Å². The fraction of sp³-hybridized carbons (Fsp3) is 0.487. The number of hydrogen-bond donors (Lipinski definition) is 2. The molecule has 0 aliphatic carbocycles. The molecule has 0 bridgehead atoms. The number of nitrogens with one attached hydrogen (secondary N) is 2. The van der Waals surface area contributed by atoms with E-state index in [1.165, 1.54) is 20.8 Å². The van der Waals surface area contributed by atoms with Crippen LogP contribution in [0.4, 0.5) is 29.7 Å². The summed E-state index contributed by atoms with van der Waals surface area (Å²) in [6.45, 7) is 6.76. The molecule has 2 atom stereocenters. The number of anilines is 2. The lowest BCUT2D eigenvalue weighted by Gasteiger charge is -2.39. The van der Waals surface area contributed by atoms with Crippen LogP contribution in [0.5, 0.6) is 0 Å². The zero-order valence-corrected chi connectivity index (χ0v) is 32.8. The molecule has 302 valence electrons. The number of rotatable bonds is 10. The number of aromatic nitrogens is 4. The first-order valence-corrected chi connectivity index (χ1v) is 20.6. The van der Waals surface area contributed by atoms with Crippen molar-refractivity contribution in [1.29, 1.82) is 5.26 Å². The molecular weight excluding hydrogens is 762 g/mol. The number of sulfonamides is 1. The number of likely N-dealkylation sites (tertiary alicyclic amines) is 1. The molecule has 4 aromatic rings. The van der Waals surface area contributed by atoms with E-state index in [1.807, 2.05) is 13.1 Å². The zero-order chi connectivity index (χ0) is 40.6. The fourth-order valence-electron chi connectivity index (χ4n) is 8.12. The minimum absolute atomic E-state index is 0.0542. The third kappa shape index (κ3) is 8.46. The van der Waals surface area contributed by atoms with E-state index < -0.39 is 27.8 Å². The predicted molar refractivity (Wildman–Crippen MR) is 206 cm³/mol. The van der Waals surface area contributed by atoms with Gasteiger partial charge in [-0.3, -0.25) is 19.7 Å². The van der Waals surface area contributed by atoms with E-state index in [9.17, 15) is 36.4 Å². The number of carbonyl (C=O) groups is 2. The van der Waals surface area contributed by atoms with Crippen LogP contribution in [-0.2, 0) is 34.5 Å². The van der Waals surface area contributed by atoms with E-state index in [2.05, 4.69) is 62.6 Å². The summed E-state index contributed by atoms with van der Waals surface area (Å²) in [6, 6.07) is 12.7. The summed E-state index contributed by atoms with van der Waals surface area (Å²) in [4.78, 5) is 35.8. The van der Waals surface area contributed by atoms with Gasteiger partial charge in [-0.15, -0.1) is 0 Å². The Morgan fingerprint density at radius 3 is 2.33 bits per heavy atom. The van der Waals surface area contributed by atoms with Crippen LogP contribution in [-0.4, -0.2) is 94.1 Å². The molecule has 3 saturated heterocycles. The molecule has 0 saturated carbocycles. The third-order valence-corrected chi connectivity index (χ3v) is 13.6. The number of carbonyl (C=O) groups excluding carboxylic acids is 2. The molecule has 14 nitrogen and oxygen atoms in total. The summed E-state index contributed by atoms with van der Waals surface area (Å²) in [6.07, 6.45) is 0.380. The van der Waals surface area contributed by atoms with Crippen molar-refractivity contribution in [3.05, 3.63) is 71.0 Å².